The van der Waals surface area contributed by atoms with Gasteiger partial charge in [0.15, 0.2) is 11.6 Å². The molecule has 2 unspecified atom stereocenters. The Morgan fingerprint density at radius 1 is 1.27 bits per heavy atom. The fraction of sp³-hybridized carbons (Fsp3) is 0.476. The van der Waals surface area contributed by atoms with Crippen molar-refractivity contribution < 1.29 is 29.0 Å². The zero-order valence-electron chi connectivity index (χ0n) is 17.7. The first-order chi connectivity index (χ1) is 15.7. The topological polar surface area (TPSA) is 168 Å². The maximum absolute atomic E-state index is 15.0. The minimum atomic E-state index is -1.37. The molecule has 1 saturated heterocycles. The van der Waals surface area contributed by atoms with Crippen LogP contribution in [0.15, 0.2) is 17.1 Å². The molecule has 0 radical (unpaired) electrons. The molecule has 4 rings (SSSR count). The van der Waals surface area contributed by atoms with Crippen LogP contribution in [0.5, 0.6) is 0 Å². The van der Waals surface area contributed by atoms with Gasteiger partial charge in [-0.3, -0.25) is 14.4 Å². The summed E-state index contributed by atoms with van der Waals surface area (Å²) in [7, 11) is 0. The summed E-state index contributed by atoms with van der Waals surface area (Å²) >= 11 is 0. The van der Waals surface area contributed by atoms with Crippen molar-refractivity contribution in [3.63, 3.8) is 0 Å². The van der Waals surface area contributed by atoms with E-state index in [0.717, 1.165) is 18.9 Å². The van der Waals surface area contributed by atoms with Gasteiger partial charge in [-0.15, -0.1) is 0 Å². The van der Waals surface area contributed by atoms with Gasteiger partial charge in [0.2, 0.25) is 11.3 Å². The average molecular weight is 461 g/mol. The summed E-state index contributed by atoms with van der Waals surface area (Å²) in [5.41, 5.74) is 4.76. The van der Waals surface area contributed by atoms with Crippen molar-refractivity contribution in [2.45, 2.75) is 50.2 Å². The summed E-state index contributed by atoms with van der Waals surface area (Å²) in [6.45, 7) is 0.652. The Labute approximate surface area is 187 Å². The molecule has 1 amide bonds. The van der Waals surface area contributed by atoms with Crippen molar-refractivity contribution >= 4 is 34.7 Å². The van der Waals surface area contributed by atoms with Crippen LogP contribution in [0.3, 0.4) is 0 Å². The molecule has 12 heteroatoms. The van der Waals surface area contributed by atoms with Gasteiger partial charge in [0, 0.05) is 37.8 Å². The van der Waals surface area contributed by atoms with E-state index in [1.54, 1.807) is 9.47 Å². The van der Waals surface area contributed by atoms with Gasteiger partial charge in [0.05, 0.1) is 11.4 Å². The third kappa shape index (κ3) is 4.65. The van der Waals surface area contributed by atoms with E-state index in [4.69, 9.17) is 10.8 Å². The number of aromatic carboxylic acids is 1. The number of carboxylic acids is 2. The molecule has 11 nitrogen and oxygen atoms in total. The van der Waals surface area contributed by atoms with E-state index in [0.29, 0.717) is 13.0 Å². The first kappa shape index (κ1) is 22.6. The van der Waals surface area contributed by atoms with Crippen molar-refractivity contribution in [3.05, 3.63) is 33.9 Å². The smallest absolute Gasteiger partial charge is 0.341 e. The second-order valence-electron chi connectivity index (χ2n) is 8.46. The van der Waals surface area contributed by atoms with Crippen LogP contribution in [0, 0.1) is 5.82 Å². The largest absolute Gasteiger partial charge is 0.481 e. The molecule has 33 heavy (non-hydrogen) atoms. The number of carbonyl (C=O) groups excluding carboxylic acids is 1. The van der Waals surface area contributed by atoms with Crippen molar-refractivity contribution in [2.24, 2.45) is 5.73 Å². The summed E-state index contributed by atoms with van der Waals surface area (Å²) in [5, 5.41) is 20.7. The molecule has 2 aromatic rings. The van der Waals surface area contributed by atoms with Gasteiger partial charge < -0.3 is 30.7 Å². The first-order valence-corrected chi connectivity index (χ1v) is 10.7. The average Bonchev–Trinajstić information content (AvgIpc) is 3.50. The van der Waals surface area contributed by atoms with Crippen LogP contribution >= 0.6 is 0 Å². The van der Waals surface area contributed by atoms with Crippen molar-refractivity contribution in [3.8, 4) is 0 Å². The number of hydrogen-bond acceptors (Lipinski definition) is 7. The van der Waals surface area contributed by atoms with Gasteiger partial charge in [-0.1, -0.05) is 0 Å². The Hall–Kier alpha value is -3.54. The summed E-state index contributed by atoms with van der Waals surface area (Å²) < 4.78 is 16.6. The Balaban J connectivity index is 1.56. The Kier molecular flexibility index (Phi) is 6.02. The van der Waals surface area contributed by atoms with Crippen LogP contribution in [0.1, 0.15) is 48.5 Å². The Bertz CT molecular complexity index is 1190. The maximum atomic E-state index is 15.0. The van der Waals surface area contributed by atoms with E-state index < -0.39 is 40.7 Å². The number of carboxylic acid groups (broad SMARTS) is 2. The third-order valence-electron chi connectivity index (χ3n) is 5.95. The van der Waals surface area contributed by atoms with Crippen LogP contribution in [0.25, 0.3) is 11.0 Å². The molecule has 1 aliphatic carbocycles. The van der Waals surface area contributed by atoms with Crippen molar-refractivity contribution in [1.82, 2.24) is 14.9 Å². The fourth-order valence-corrected chi connectivity index (χ4v) is 4.03. The molecule has 2 aromatic heterocycles. The van der Waals surface area contributed by atoms with Gasteiger partial charge in [-0.25, -0.2) is 14.2 Å². The zero-order chi connectivity index (χ0) is 23.9. The Morgan fingerprint density at radius 2 is 2.00 bits per heavy atom. The predicted octanol–water partition coefficient (Wildman–Crippen LogP) is 0.456. The molecule has 176 valence electrons. The van der Waals surface area contributed by atoms with E-state index >= 15 is 0 Å². The highest BCUT2D eigenvalue weighted by molar-refractivity contribution is 5.92. The van der Waals surface area contributed by atoms with E-state index in [-0.39, 0.29) is 48.3 Å². The lowest BCUT2D eigenvalue weighted by atomic mass is 10.1. The monoisotopic (exact) mass is 461 g/mol. The lowest BCUT2D eigenvalue weighted by Gasteiger charge is -2.21. The normalized spacial score (nSPS) is 19.0. The molecular weight excluding hydrogens is 437 g/mol. The standard InChI is InChI=1S/C21H24FN5O6/c22-14-7-12-17(30)13(21(32)33)9-27(11-1-2-11)18(12)25-19(14)26-6-5-10(8-26)24-20(31)15(23)3-4-16(28)29/h7,9-11,15H,1-6,8,23H2,(H,24,31)(H,28,29)(H,32,33). The number of halogens is 1. The van der Waals surface area contributed by atoms with Crippen LogP contribution < -0.4 is 21.4 Å². The molecular formula is C21H24FN5O6. The van der Waals surface area contributed by atoms with Gasteiger partial charge >= 0.3 is 11.9 Å². The zero-order valence-corrected chi connectivity index (χ0v) is 17.7. The van der Waals surface area contributed by atoms with Crippen molar-refractivity contribution in [1.29, 1.82) is 0 Å². The Morgan fingerprint density at radius 3 is 2.64 bits per heavy atom. The highest BCUT2D eigenvalue weighted by atomic mass is 19.1. The molecule has 2 atom stereocenters. The van der Waals surface area contributed by atoms with Crippen LogP contribution in [-0.4, -0.2) is 62.8 Å². The molecule has 0 bridgehead atoms. The molecule has 2 aliphatic rings. The second-order valence-corrected chi connectivity index (χ2v) is 8.46. The van der Waals surface area contributed by atoms with Crippen LogP contribution in [0.2, 0.25) is 0 Å². The number of aromatic nitrogens is 2. The SMILES string of the molecule is NC(CCC(=O)O)C(=O)NC1CCN(c2nc3c(cc2F)c(=O)c(C(=O)O)cn3C2CC2)C1. The number of pyridine rings is 2. The number of carbonyl (C=O) groups is 3. The number of amides is 1. The maximum Gasteiger partial charge on any atom is 0.341 e. The number of nitrogens with zero attached hydrogens (tertiary/aromatic N) is 3. The fourth-order valence-electron chi connectivity index (χ4n) is 4.03. The minimum absolute atomic E-state index is 0.00918. The molecule has 0 spiro atoms. The second kappa shape index (κ2) is 8.77. The molecule has 3 heterocycles. The number of hydrogen-bond donors (Lipinski definition) is 4. The summed E-state index contributed by atoms with van der Waals surface area (Å²) in [5.74, 6) is -3.62. The lowest BCUT2D eigenvalue weighted by molar-refractivity contribution is -0.137. The number of nitrogens with two attached hydrogens (primary N) is 1. The third-order valence-corrected chi connectivity index (χ3v) is 5.95. The molecule has 5 N–H and O–H groups in total. The summed E-state index contributed by atoms with van der Waals surface area (Å²) in [6.07, 6.45) is 3.19. The van der Waals surface area contributed by atoms with Gasteiger partial charge in [-0.2, -0.15) is 0 Å². The van der Waals surface area contributed by atoms with Crippen LogP contribution in [0.4, 0.5) is 10.2 Å². The van der Waals surface area contributed by atoms with Crippen LogP contribution in [-0.2, 0) is 9.59 Å². The number of aliphatic carboxylic acids is 1. The molecule has 1 aliphatic heterocycles. The summed E-state index contributed by atoms with van der Waals surface area (Å²) in [4.78, 5) is 53.0. The van der Waals surface area contributed by atoms with E-state index in [2.05, 4.69) is 10.3 Å². The lowest BCUT2D eigenvalue weighted by Crippen LogP contribution is -2.46. The summed E-state index contributed by atoms with van der Waals surface area (Å²) in [6, 6.07) is -0.249. The number of rotatable bonds is 8. The quantitative estimate of drug-likeness (QED) is 0.436. The van der Waals surface area contributed by atoms with E-state index in [1.807, 2.05) is 0 Å². The number of nitrogens with one attached hydrogen (secondary N) is 1. The van der Waals surface area contributed by atoms with Gasteiger partial charge in [0.1, 0.15) is 11.2 Å². The highest BCUT2D eigenvalue weighted by Crippen LogP contribution is 2.37. The number of fused-ring (bicyclic) bond motifs is 1. The molecule has 1 saturated carbocycles. The first-order valence-electron chi connectivity index (χ1n) is 10.7. The molecule has 0 aromatic carbocycles. The van der Waals surface area contributed by atoms with E-state index in [1.165, 1.54) is 6.20 Å². The number of anilines is 1. The van der Waals surface area contributed by atoms with Gasteiger partial charge in [-0.05, 0) is 31.7 Å². The minimum Gasteiger partial charge on any atom is -0.481 e. The van der Waals surface area contributed by atoms with E-state index in [9.17, 15) is 28.7 Å². The predicted molar refractivity (Wildman–Crippen MR) is 115 cm³/mol. The van der Waals surface area contributed by atoms with Gasteiger partial charge in [0.25, 0.3) is 0 Å². The van der Waals surface area contributed by atoms with Crippen molar-refractivity contribution in [2.75, 3.05) is 18.0 Å². The highest BCUT2D eigenvalue weighted by Gasteiger charge is 2.31. The molecule has 2 fully saturated rings.